The van der Waals surface area contributed by atoms with Crippen molar-refractivity contribution in [3.05, 3.63) is 38.1 Å². The topological polar surface area (TPSA) is 137 Å². The number of thiazole rings is 1. The normalized spacial score (nSPS) is 12.5. The van der Waals surface area contributed by atoms with Gasteiger partial charge in [0.1, 0.15) is 22.3 Å². The Morgan fingerprint density at radius 2 is 2.24 bits per heavy atom. The molecular weight excluding hydrogens is 398 g/mol. The van der Waals surface area contributed by atoms with Gasteiger partial charge in [-0.05, 0) is 27.7 Å². The van der Waals surface area contributed by atoms with Gasteiger partial charge in [0, 0.05) is 6.54 Å². The number of guanidine groups is 1. The monoisotopic (exact) mass is 423 g/mol. The van der Waals surface area contributed by atoms with Crippen LogP contribution in [0.2, 0.25) is 0 Å². The molecule has 29 heavy (non-hydrogen) atoms. The Balaban J connectivity index is 2.01. The van der Waals surface area contributed by atoms with Gasteiger partial charge in [-0.2, -0.15) is 5.10 Å². The fourth-order valence-electron chi connectivity index (χ4n) is 2.41. The molecular formula is C17H25N7O4S. The van der Waals surface area contributed by atoms with Gasteiger partial charge in [-0.3, -0.25) is 19.8 Å². The van der Waals surface area contributed by atoms with E-state index in [0.717, 1.165) is 5.01 Å². The number of aryl methyl sites for hydroxylation is 1. The number of hydrogen-bond acceptors (Lipinski definition) is 8. The van der Waals surface area contributed by atoms with E-state index in [4.69, 9.17) is 4.74 Å². The molecule has 0 radical (unpaired) electrons. The zero-order chi connectivity index (χ0) is 21.4. The molecule has 0 bridgehead atoms. The Morgan fingerprint density at radius 3 is 2.86 bits per heavy atom. The number of aliphatic imine (C=N–C) groups is 1. The van der Waals surface area contributed by atoms with Crippen LogP contribution in [0, 0.1) is 17.0 Å². The van der Waals surface area contributed by atoms with Crippen LogP contribution in [0.1, 0.15) is 47.2 Å². The number of carbonyl (C=O) groups is 1. The lowest BCUT2D eigenvalue weighted by Crippen LogP contribution is -2.39. The maximum atomic E-state index is 12.0. The smallest absolute Gasteiger partial charge is 0.350 e. The third-order valence-electron chi connectivity index (χ3n) is 3.77. The minimum atomic E-state index is -0.485. The Labute approximate surface area is 172 Å². The minimum absolute atomic E-state index is 0.0517. The van der Waals surface area contributed by atoms with E-state index in [1.165, 1.54) is 28.4 Å². The van der Waals surface area contributed by atoms with Gasteiger partial charge in [0.15, 0.2) is 5.96 Å². The predicted molar refractivity (Wildman–Crippen MR) is 109 cm³/mol. The van der Waals surface area contributed by atoms with Crippen molar-refractivity contribution in [1.29, 1.82) is 0 Å². The number of aromatic nitrogens is 3. The molecule has 0 aliphatic rings. The molecule has 0 fully saturated rings. The number of nitrogens with zero attached hydrogens (tertiary/aromatic N) is 5. The number of nitrogens with one attached hydrogen (secondary N) is 2. The van der Waals surface area contributed by atoms with Crippen LogP contribution in [-0.4, -0.2) is 51.3 Å². The van der Waals surface area contributed by atoms with E-state index >= 15 is 0 Å². The molecule has 12 heteroatoms. The van der Waals surface area contributed by atoms with Crippen LogP contribution >= 0.6 is 11.3 Å². The lowest BCUT2D eigenvalue weighted by atomic mass is 10.3. The Kier molecular flexibility index (Phi) is 8.07. The number of carbonyl (C=O) groups excluding carboxylic acids is 1. The summed E-state index contributed by atoms with van der Waals surface area (Å²) >= 11 is 1.29. The molecule has 0 saturated heterocycles. The van der Waals surface area contributed by atoms with E-state index in [9.17, 15) is 14.9 Å². The van der Waals surface area contributed by atoms with Gasteiger partial charge < -0.3 is 15.4 Å². The second kappa shape index (κ2) is 10.5. The van der Waals surface area contributed by atoms with Crippen LogP contribution in [0.25, 0.3) is 0 Å². The summed E-state index contributed by atoms with van der Waals surface area (Å²) in [6.45, 7) is 9.18. The van der Waals surface area contributed by atoms with Crippen molar-refractivity contribution in [2.24, 2.45) is 4.99 Å². The van der Waals surface area contributed by atoms with Crippen LogP contribution < -0.4 is 10.6 Å². The highest BCUT2D eigenvalue weighted by Crippen LogP contribution is 2.24. The van der Waals surface area contributed by atoms with Crippen molar-refractivity contribution in [1.82, 2.24) is 25.4 Å². The van der Waals surface area contributed by atoms with Gasteiger partial charge in [-0.15, -0.1) is 11.3 Å². The fraction of sp³-hybridized carbons (Fsp3) is 0.529. The third-order valence-corrected chi connectivity index (χ3v) is 5.09. The quantitative estimate of drug-likeness (QED) is 0.206. The second-order valence-electron chi connectivity index (χ2n) is 6.03. The first-order valence-corrected chi connectivity index (χ1v) is 10.0. The fourth-order valence-corrected chi connectivity index (χ4v) is 3.37. The largest absolute Gasteiger partial charge is 0.462 e. The third kappa shape index (κ3) is 6.24. The lowest BCUT2D eigenvalue weighted by molar-refractivity contribution is -0.385. The molecule has 0 aliphatic carbocycles. The molecule has 2 heterocycles. The minimum Gasteiger partial charge on any atom is -0.462 e. The van der Waals surface area contributed by atoms with Gasteiger partial charge in [-0.25, -0.2) is 9.78 Å². The van der Waals surface area contributed by atoms with Gasteiger partial charge in [0.05, 0.1) is 36.4 Å². The molecule has 158 valence electrons. The van der Waals surface area contributed by atoms with E-state index in [-0.39, 0.29) is 17.7 Å². The summed E-state index contributed by atoms with van der Waals surface area (Å²) in [4.78, 5) is 31.7. The van der Waals surface area contributed by atoms with Crippen molar-refractivity contribution in [3.63, 3.8) is 0 Å². The van der Waals surface area contributed by atoms with Crippen molar-refractivity contribution >= 4 is 29.0 Å². The number of ether oxygens (including phenoxy) is 1. The zero-order valence-electron chi connectivity index (χ0n) is 16.8. The number of esters is 1. The predicted octanol–water partition coefficient (Wildman–Crippen LogP) is 2.05. The molecule has 2 aromatic heterocycles. The number of hydrogen-bond donors (Lipinski definition) is 2. The highest BCUT2D eigenvalue weighted by molar-refractivity contribution is 7.13. The Morgan fingerprint density at radius 1 is 1.48 bits per heavy atom. The standard InChI is InChI=1S/C17H25N7O4S/c1-5-18-17(19-7-8-23-10-13(9-20-23)24(26)27)22-12(4)15-21-11(3)14(29-15)16(25)28-6-2/h9-10,12H,5-8H2,1-4H3,(H2,18,19,22). The zero-order valence-corrected chi connectivity index (χ0v) is 17.7. The molecule has 2 rings (SSSR count). The van der Waals surface area contributed by atoms with Crippen molar-refractivity contribution in [2.45, 2.75) is 40.3 Å². The molecule has 0 aromatic carbocycles. The molecule has 1 unspecified atom stereocenters. The van der Waals surface area contributed by atoms with E-state index < -0.39 is 4.92 Å². The average Bonchev–Trinajstić information content (AvgIpc) is 3.29. The highest BCUT2D eigenvalue weighted by Gasteiger charge is 2.20. The van der Waals surface area contributed by atoms with Crippen molar-refractivity contribution in [2.75, 3.05) is 19.7 Å². The van der Waals surface area contributed by atoms with Crippen LogP contribution in [-0.2, 0) is 11.3 Å². The lowest BCUT2D eigenvalue weighted by Gasteiger charge is -2.16. The maximum Gasteiger partial charge on any atom is 0.350 e. The molecule has 0 amide bonds. The van der Waals surface area contributed by atoms with E-state index in [1.807, 2.05) is 13.8 Å². The SMILES string of the molecule is CCNC(=NCCn1cc([N+](=O)[O-])cn1)NC(C)c1nc(C)c(C(=O)OCC)s1. The van der Waals surface area contributed by atoms with Gasteiger partial charge in [0.2, 0.25) is 0 Å². The molecule has 2 N–H and O–H groups in total. The van der Waals surface area contributed by atoms with Gasteiger partial charge in [-0.1, -0.05) is 0 Å². The van der Waals surface area contributed by atoms with Gasteiger partial charge >= 0.3 is 11.7 Å². The maximum absolute atomic E-state index is 12.0. The van der Waals surface area contributed by atoms with Crippen molar-refractivity contribution < 1.29 is 14.5 Å². The first-order chi connectivity index (χ1) is 13.8. The van der Waals surface area contributed by atoms with Crippen LogP contribution in [0.15, 0.2) is 17.4 Å². The summed E-state index contributed by atoms with van der Waals surface area (Å²) in [6, 6.07) is -0.175. The molecule has 11 nitrogen and oxygen atoms in total. The van der Waals surface area contributed by atoms with Crippen LogP contribution in [0.4, 0.5) is 5.69 Å². The highest BCUT2D eigenvalue weighted by atomic mass is 32.1. The number of nitro groups is 1. The second-order valence-corrected chi connectivity index (χ2v) is 7.06. The van der Waals surface area contributed by atoms with E-state index in [1.54, 1.807) is 13.8 Å². The number of rotatable bonds is 9. The van der Waals surface area contributed by atoms with Gasteiger partial charge in [0.25, 0.3) is 0 Å². The summed E-state index contributed by atoms with van der Waals surface area (Å²) in [7, 11) is 0. The van der Waals surface area contributed by atoms with Crippen molar-refractivity contribution in [3.8, 4) is 0 Å². The summed E-state index contributed by atoms with van der Waals surface area (Å²) in [5, 5.41) is 21.8. The first-order valence-electron chi connectivity index (χ1n) is 9.21. The molecule has 0 spiro atoms. The van der Waals surface area contributed by atoms with E-state index in [2.05, 4.69) is 25.7 Å². The van der Waals surface area contributed by atoms with Crippen LogP contribution in [0.5, 0.6) is 0 Å². The summed E-state index contributed by atoms with van der Waals surface area (Å²) < 4.78 is 6.53. The Bertz CT molecular complexity index is 877. The summed E-state index contributed by atoms with van der Waals surface area (Å²) in [6.07, 6.45) is 2.58. The molecule has 0 saturated carbocycles. The Hall–Kier alpha value is -3.02. The van der Waals surface area contributed by atoms with E-state index in [0.29, 0.717) is 42.8 Å². The molecule has 1 atom stereocenters. The summed E-state index contributed by atoms with van der Waals surface area (Å²) in [5.74, 6) is 0.210. The average molecular weight is 423 g/mol. The first kappa shape index (κ1) is 22.3. The summed E-state index contributed by atoms with van der Waals surface area (Å²) in [5.41, 5.74) is 0.587. The van der Waals surface area contributed by atoms with Crippen LogP contribution in [0.3, 0.4) is 0 Å². The molecule has 0 aliphatic heterocycles. The molecule has 2 aromatic rings.